The van der Waals surface area contributed by atoms with Gasteiger partial charge in [-0.2, -0.15) is 0 Å². The predicted molar refractivity (Wildman–Crippen MR) is 305 cm³/mol. The second-order valence-corrected chi connectivity index (χ2v) is 18.3. The number of ether oxygens (including phenoxy) is 2. The van der Waals surface area contributed by atoms with Gasteiger partial charge in [-0.1, -0.05) is 208 Å². The molecule has 2 atom stereocenters. The van der Waals surface area contributed by atoms with Crippen molar-refractivity contribution in [1.82, 2.24) is 4.57 Å². The summed E-state index contributed by atoms with van der Waals surface area (Å²) in [4.78, 5) is 3.94. The SMILES string of the molecule is C=NCc1ccc(-n2c3ccccc3c3ccccc32)cc1.CC.Cc1ccccc1C1=CC=CC2Oc3ccc4c(c3OC12)-c1ccccc1C4(c1ccccc1)c1ccccc1.N=C(N)C1=CC=CCC1. The lowest BCUT2D eigenvalue weighted by atomic mass is 9.68. The highest BCUT2D eigenvalue weighted by Gasteiger charge is 2.49. The Kier molecular flexibility index (Phi) is 14.0. The van der Waals surface area contributed by atoms with E-state index in [1.54, 1.807) is 0 Å². The zero-order chi connectivity index (χ0) is 50.3. The maximum absolute atomic E-state index is 7.08. The summed E-state index contributed by atoms with van der Waals surface area (Å²) in [6, 6.07) is 69.0. The van der Waals surface area contributed by atoms with Gasteiger partial charge < -0.3 is 19.8 Å². The van der Waals surface area contributed by atoms with Gasteiger partial charge >= 0.3 is 0 Å². The monoisotopic (exact) mass is 952 g/mol. The first-order valence-corrected chi connectivity index (χ1v) is 25.3. The number of hydrogen-bond donors (Lipinski definition) is 2. The van der Waals surface area contributed by atoms with E-state index in [-0.39, 0.29) is 18.0 Å². The van der Waals surface area contributed by atoms with E-state index in [0.717, 1.165) is 41.1 Å². The maximum atomic E-state index is 7.08. The molecule has 6 nitrogen and oxygen atoms in total. The van der Waals surface area contributed by atoms with Crippen molar-refractivity contribution in [3.63, 3.8) is 0 Å². The Morgan fingerprint density at radius 1 is 0.658 bits per heavy atom. The van der Waals surface area contributed by atoms with Gasteiger partial charge in [0.2, 0.25) is 0 Å². The number of aliphatic imine (C=N–C) groups is 1. The minimum absolute atomic E-state index is 0.185. The third kappa shape index (κ3) is 8.91. The van der Waals surface area contributed by atoms with Crippen LogP contribution in [0.25, 0.3) is 44.2 Å². The first kappa shape index (κ1) is 47.9. The number of aryl methyl sites for hydroxylation is 1. The van der Waals surface area contributed by atoms with Crippen LogP contribution in [0.15, 0.2) is 241 Å². The van der Waals surface area contributed by atoms with E-state index in [2.05, 4.69) is 242 Å². The number of hydrogen-bond acceptors (Lipinski definition) is 4. The lowest BCUT2D eigenvalue weighted by Crippen LogP contribution is -2.41. The summed E-state index contributed by atoms with van der Waals surface area (Å²) in [5, 5.41) is 9.64. The number of amidine groups is 1. The number of fused-ring (bicyclic) bond motifs is 9. The van der Waals surface area contributed by atoms with Crippen LogP contribution in [-0.2, 0) is 12.0 Å². The Morgan fingerprint density at radius 3 is 1.86 bits per heavy atom. The molecule has 2 heterocycles. The van der Waals surface area contributed by atoms with Gasteiger partial charge in [0.25, 0.3) is 0 Å². The van der Waals surface area contributed by atoms with Gasteiger partial charge in [-0.15, -0.1) is 0 Å². The number of nitrogens with one attached hydrogen (secondary N) is 1. The van der Waals surface area contributed by atoms with Crippen LogP contribution in [0.2, 0.25) is 0 Å². The Bertz CT molecular complexity index is 3490. The third-order valence-electron chi connectivity index (χ3n) is 14.1. The second kappa shape index (κ2) is 21.3. The van der Waals surface area contributed by atoms with Crippen LogP contribution in [0.5, 0.6) is 11.5 Å². The summed E-state index contributed by atoms with van der Waals surface area (Å²) >= 11 is 0. The Hall–Kier alpha value is -8.74. The van der Waals surface area contributed by atoms with Gasteiger partial charge in [0, 0.05) is 27.6 Å². The molecular formula is C67H60N4O2. The van der Waals surface area contributed by atoms with E-state index in [9.17, 15) is 0 Å². The van der Waals surface area contributed by atoms with E-state index < -0.39 is 5.41 Å². The minimum Gasteiger partial charge on any atom is -0.478 e. The lowest BCUT2D eigenvalue weighted by molar-refractivity contribution is 0.0821. The molecule has 1 aliphatic heterocycles. The molecule has 0 spiro atoms. The molecule has 0 saturated heterocycles. The van der Waals surface area contributed by atoms with Crippen LogP contribution < -0.4 is 15.2 Å². The Balaban J connectivity index is 0.000000154. The minimum atomic E-state index is -0.467. The summed E-state index contributed by atoms with van der Waals surface area (Å²) in [7, 11) is 0. The summed E-state index contributed by atoms with van der Waals surface area (Å²) in [6.45, 7) is 10.4. The number of allylic oxidation sites excluding steroid dienone is 5. The molecule has 0 saturated carbocycles. The van der Waals surface area contributed by atoms with Crippen LogP contribution in [-0.4, -0.2) is 29.3 Å². The molecule has 2 unspecified atom stereocenters. The van der Waals surface area contributed by atoms with Crippen molar-refractivity contribution in [2.75, 3.05) is 0 Å². The Labute approximate surface area is 429 Å². The first-order valence-electron chi connectivity index (χ1n) is 25.3. The van der Waals surface area contributed by atoms with E-state index in [1.807, 2.05) is 26.0 Å². The molecule has 3 N–H and O–H groups in total. The molecule has 360 valence electrons. The number of benzene rings is 8. The molecule has 8 aromatic carbocycles. The Morgan fingerprint density at radius 2 is 1.26 bits per heavy atom. The highest BCUT2D eigenvalue weighted by Crippen LogP contribution is 2.61. The highest BCUT2D eigenvalue weighted by atomic mass is 16.6. The summed E-state index contributed by atoms with van der Waals surface area (Å²) < 4.78 is 16.1. The first-order chi connectivity index (χ1) is 35.9. The number of aromatic nitrogens is 1. The van der Waals surface area contributed by atoms with Gasteiger partial charge in [-0.05, 0) is 113 Å². The van der Waals surface area contributed by atoms with Gasteiger partial charge in [0.05, 0.1) is 23.0 Å². The summed E-state index contributed by atoms with van der Waals surface area (Å²) in [6.07, 6.45) is 13.8. The van der Waals surface area contributed by atoms with E-state index in [0.29, 0.717) is 6.54 Å². The molecule has 6 heteroatoms. The second-order valence-electron chi connectivity index (χ2n) is 18.3. The highest BCUT2D eigenvalue weighted by molar-refractivity contribution is 6.09. The van der Waals surface area contributed by atoms with Gasteiger partial charge in [0.15, 0.2) is 23.7 Å². The maximum Gasteiger partial charge on any atom is 0.170 e. The molecule has 1 aromatic heterocycles. The van der Waals surface area contributed by atoms with Crippen LogP contribution in [0, 0.1) is 12.3 Å². The van der Waals surface area contributed by atoms with E-state index in [1.165, 1.54) is 72.0 Å². The average Bonchev–Trinajstić information content (AvgIpc) is 3.96. The third-order valence-corrected chi connectivity index (χ3v) is 14.1. The fourth-order valence-corrected chi connectivity index (χ4v) is 10.9. The molecule has 0 radical (unpaired) electrons. The standard InChI is InChI=1S/C38H28O2.C20H16N2.C7H10N2.C2H6/c1-25-13-8-9-18-28(25)29-20-12-22-33-36(29)40-37-34(39-33)24-23-32-35(37)30-19-10-11-21-31(30)38(32,26-14-4-2-5-15-26)27-16-6-3-7-17-27;1-21-14-15-10-12-16(13-11-15)22-19-8-4-2-6-17(19)18-7-3-5-9-20(18)22;8-7(9)6-4-2-1-3-5-6;1-2/h2-24,33,36H,1H3;2-13H,1,14H2;1-2,4H,3,5H2,(H3,8,9);1-2H3. The molecule has 0 fully saturated rings. The molecular weight excluding hydrogens is 893 g/mol. The van der Waals surface area contributed by atoms with Crippen LogP contribution in [0.4, 0.5) is 0 Å². The van der Waals surface area contributed by atoms with Gasteiger partial charge in [0.1, 0.15) is 5.84 Å². The molecule has 0 bridgehead atoms. The van der Waals surface area contributed by atoms with Crippen LogP contribution in [0.3, 0.4) is 0 Å². The lowest BCUT2D eigenvalue weighted by Gasteiger charge is -2.38. The van der Waals surface area contributed by atoms with Gasteiger partial charge in [-0.25, -0.2) is 0 Å². The van der Waals surface area contributed by atoms with Crippen LogP contribution in [0.1, 0.15) is 65.6 Å². The number of nitrogens with zero attached hydrogens (tertiary/aromatic N) is 2. The molecule has 0 amide bonds. The summed E-state index contributed by atoms with van der Waals surface area (Å²) in [5.74, 6) is 1.83. The fraction of sp³-hybridized carbons (Fsp3) is 0.134. The van der Waals surface area contributed by atoms with Crippen LogP contribution >= 0.6 is 0 Å². The average molecular weight is 953 g/mol. The fourth-order valence-electron chi connectivity index (χ4n) is 10.9. The normalized spacial score (nSPS) is 16.1. The molecule has 9 aromatic rings. The quantitative estimate of drug-likeness (QED) is 0.123. The summed E-state index contributed by atoms with van der Waals surface area (Å²) in [5.41, 5.74) is 21.4. The number of para-hydroxylation sites is 2. The number of rotatable bonds is 7. The van der Waals surface area contributed by atoms with Gasteiger partial charge in [-0.3, -0.25) is 10.4 Å². The van der Waals surface area contributed by atoms with Crippen molar-refractivity contribution < 1.29 is 9.47 Å². The molecule has 73 heavy (non-hydrogen) atoms. The number of nitrogens with two attached hydrogens (primary N) is 1. The molecule has 13 rings (SSSR count). The molecule has 3 aliphatic carbocycles. The van der Waals surface area contributed by atoms with Crippen molar-refractivity contribution in [2.45, 2.75) is 57.8 Å². The van der Waals surface area contributed by atoms with Crippen molar-refractivity contribution >= 4 is 39.9 Å². The topological polar surface area (TPSA) is 85.6 Å². The van der Waals surface area contributed by atoms with Crippen molar-refractivity contribution in [3.05, 3.63) is 275 Å². The largest absolute Gasteiger partial charge is 0.478 e. The zero-order valence-corrected chi connectivity index (χ0v) is 41.7. The van der Waals surface area contributed by atoms with Crippen molar-refractivity contribution in [3.8, 4) is 28.3 Å². The van der Waals surface area contributed by atoms with Crippen molar-refractivity contribution in [1.29, 1.82) is 5.41 Å². The predicted octanol–water partition coefficient (Wildman–Crippen LogP) is 15.7. The smallest absolute Gasteiger partial charge is 0.170 e. The van der Waals surface area contributed by atoms with E-state index >= 15 is 0 Å². The van der Waals surface area contributed by atoms with Crippen molar-refractivity contribution in [2.24, 2.45) is 10.7 Å². The zero-order valence-electron chi connectivity index (χ0n) is 41.7. The molecule has 4 aliphatic rings. The van der Waals surface area contributed by atoms with E-state index in [4.69, 9.17) is 20.6 Å².